The standard InChI is InChI=1S/C16H23N3O2S/c1-11-10-22-15(17-11)9-18-7-12-5-13(21-14(12)8-18)6-16(20)19-3-2-4-19/h10,12-14H,2-9H2,1H3/t12-,13+,14+/m0/s1. The lowest BCUT2D eigenvalue weighted by Crippen LogP contribution is -2.43. The molecule has 5 nitrogen and oxygen atoms in total. The Labute approximate surface area is 135 Å². The van der Waals surface area contributed by atoms with Crippen LogP contribution in [0.15, 0.2) is 5.38 Å². The second-order valence-corrected chi connectivity index (χ2v) is 7.75. The second-order valence-electron chi connectivity index (χ2n) is 6.81. The van der Waals surface area contributed by atoms with Crippen LogP contribution in [-0.4, -0.2) is 59.1 Å². The average molecular weight is 321 g/mol. The van der Waals surface area contributed by atoms with E-state index in [2.05, 4.69) is 15.3 Å². The Balaban J connectivity index is 1.26. The van der Waals surface area contributed by atoms with Crippen LogP contribution in [0, 0.1) is 12.8 Å². The maximum Gasteiger partial charge on any atom is 0.225 e. The van der Waals surface area contributed by atoms with Crippen molar-refractivity contribution in [2.24, 2.45) is 5.92 Å². The van der Waals surface area contributed by atoms with Gasteiger partial charge in [-0.3, -0.25) is 9.69 Å². The van der Waals surface area contributed by atoms with Gasteiger partial charge in [0.25, 0.3) is 0 Å². The van der Waals surface area contributed by atoms with Crippen LogP contribution in [0.2, 0.25) is 0 Å². The largest absolute Gasteiger partial charge is 0.373 e. The van der Waals surface area contributed by atoms with Gasteiger partial charge < -0.3 is 9.64 Å². The minimum Gasteiger partial charge on any atom is -0.373 e. The quantitative estimate of drug-likeness (QED) is 0.846. The second kappa shape index (κ2) is 5.91. The number of amides is 1. The first-order valence-corrected chi connectivity index (χ1v) is 9.12. The molecule has 3 saturated heterocycles. The molecule has 3 atom stereocenters. The van der Waals surface area contributed by atoms with Gasteiger partial charge in [0.05, 0.1) is 25.2 Å². The van der Waals surface area contributed by atoms with E-state index in [1.54, 1.807) is 11.3 Å². The summed E-state index contributed by atoms with van der Waals surface area (Å²) in [4.78, 5) is 21.0. The molecule has 0 N–H and O–H groups in total. The molecular formula is C16H23N3O2S. The summed E-state index contributed by atoms with van der Waals surface area (Å²) in [5.74, 6) is 0.876. The Morgan fingerprint density at radius 3 is 2.95 bits per heavy atom. The van der Waals surface area contributed by atoms with E-state index in [-0.39, 0.29) is 12.0 Å². The molecule has 6 heteroatoms. The molecule has 3 aliphatic heterocycles. The molecule has 0 bridgehead atoms. The number of carbonyl (C=O) groups excluding carboxylic acids is 1. The minimum absolute atomic E-state index is 0.146. The van der Waals surface area contributed by atoms with E-state index in [1.165, 1.54) is 5.01 Å². The minimum atomic E-state index is 0.146. The van der Waals surface area contributed by atoms with Crippen molar-refractivity contribution in [3.05, 3.63) is 16.1 Å². The van der Waals surface area contributed by atoms with Gasteiger partial charge in [-0.1, -0.05) is 0 Å². The van der Waals surface area contributed by atoms with Crippen LogP contribution in [0.4, 0.5) is 0 Å². The molecule has 22 heavy (non-hydrogen) atoms. The van der Waals surface area contributed by atoms with E-state index >= 15 is 0 Å². The fourth-order valence-corrected chi connectivity index (χ4v) is 4.58. The SMILES string of the molecule is Cc1csc(CN2C[C@@H]3C[C@H](CC(=O)N4CCC4)O[C@@H]3C2)n1. The Morgan fingerprint density at radius 1 is 1.45 bits per heavy atom. The number of thiazole rings is 1. The summed E-state index contributed by atoms with van der Waals surface area (Å²) in [6.45, 7) is 6.93. The lowest BCUT2D eigenvalue weighted by atomic mass is 10.0. The van der Waals surface area contributed by atoms with Gasteiger partial charge in [-0.25, -0.2) is 4.98 Å². The normalized spacial score (nSPS) is 31.3. The molecule has 0 unspecified atom stereocenters. The number of hydrogen-bond acceptors (Lipinski definition) is 5. The molecule has 0 spiro atoms. The highest BCUT2D eigenvalue weighted by Gasteiger charge is 2.42. The highest BCUT2D eigenvalue weighted by molar-refractivity contribution is 7.09. The molecule has 4 rings (SSSR count). The van der Waals surface area contributed by atoms with Crippen molar-refractivity contribution in [2.75, 3.05) is 26.2 Å². The van der Waals surface area contributed by atoms with Crippen molar-refractivity contribution in [3.8, 4) is 0 Å². The lowest BCUT2D eigenvalue weighted by Gasteiger charge is -2.31. The highest BCUT2D eigenvalue weighted by Crippen LogP contribution is 2.35. The first-order chi connectivity index (χ1) is 10.7. The van der Waals surface area contributed by atoms with Crippen LogP contribution < -0.4 is 0 Å². The number of rotatable bonds is 4. The number of fused-ring (bicyclic) bond motifs is 1. The molecule has 1 aromatic rings. The van der Waals surface area contributed by atoms with Gasteiger partial charge in [0, 0.05) is 43.2 Å². The molecule has 0 saturated carbocycles. The maximum atomic E-state index is 12.0. The van der Waals surface area contributed by atoms with Crippen LogP contribution in [-0.2, 0) is 16.1 Å². The zero-order chi connectivity index (χ0) is 15.1. The zero-order valence-electron chi connectivity index (χ0n) is 13.0. The lowest BCUT2D eigenvalue weighted by molar-refractivity contribution is -0.137. The van der Waals surface area contributed by atoms with Gasteiger partial charge in [0.2, 0.25) is 5.91 Å². The smallest absolute Gasteiger partial charge is 0.225 e. The molecule has 1 aromatic heterocycles. The number of likely N-dealkylation sites (tertiary alicyclic amines) is 2. The van der Waals surface area contributed by atoms with Gasteiger partial charge in [-0.2, -0.15) is 0 Å². The Bertz CT molecular complexity index is 543. The van der Waals surface area contributed by atoms with Crippen LogP contribution in [0.1, 0.15) is 30.0 Å². The number of ether oxygens (including phenoxy) is 1. The van der Waals surface area contributed by atoms with Crippen molar-refractivity contribution in [1.82, 2.24) is 14.8 Å². The molecule has 3 fully saturated rings. The molecule has 0 aliphatic carbocycles. The Hall–Kier alpha value is -0.980. The Kier molecular flexibility index (Phi) is 3.92. The van der Waals surface area contributed by atoms with Crippen molar-refractivity contribution in [2.45, 2.75) is 44.9 Å². The topological polar surface area (TPSA) is 45.7 Å². The summed E-state index contributed by atoms with van der Waals surface area (Å²) in [5.41, 5.74) is 1.11. The molecule has 4 heterocycles. The van der Waals surface area contributed by atoms with Crippen molar-refractivity contribution >= 4 is 17.2 Å². The van der Waals surface area contributed by atoms with Gasteiger partial charge >= 0.3 is 0 Å². The van der Waals surface area contributed by atoms with E-state index in [0.29, 0.717) is 18.4 Å². The Morgan fingerprint density at radius 2 is 2.32 bits per heavy atom. The van der Waals surface area contributed by atoms with Crippen LogP contribution in [0.3, 0.4) is 0 Å². The molecule has 1 amide bonds. The van der Waals surface area contributed by atoms with Gasteiger partial charge in [-0.15, -0.1) is 11.3 Å². The van der Waals surface area contributed by atoms with E-state index in [0.717, 1.165) is 51.3 Å². The van der Waals surface area contributed by atoms with Gasteiger partial charge in [0.1, 0.15) is 5.01 Å². The third-order valence-corrected chi connectivity index (χ3v) is 5.98. The number of hydrogen-bond donors (Lipinski definition) is 0. The van der Waals surface area contributed by atoms with E-state index < -0.39 is 0 Å². The zero-order valence-corrected chi connectivity index (χ0v) is 13.8. The monoisotopic (exact) mass is 321 g/mol. The summed E-state index contributed by atoms with van der Waals surface area (Å²) in [7, 11) is 0. The van der Waals surface area contributed by atoms with Crippen LogP contribution in [0.5, 0.6) is 0 Å². The summed E-state index contributed by atoms with van der Waals surface area (Å²) < 4.78 is 6.14. The molecule has 3 aliphatic rings. The van der Waals surface area contributed by atoms with Crippen LogP contribution >= 0.6 is 11.3 Å². The molecule has 0 aromatic carbocycles. The van der Waals surface area contributed by atoms with Crippen molar-refractivity contribution in [1.29, 1.82) is 0 Å². The molecular weight excluding hydrogens is 298 g/mol. The first-order valence-electron chi connectivity index (χ1n) is 8.24. The fraction of sp³-hybridized carbons (Fsp3) is 0.750. The number of aryl methyl sites for hydroxylation is 1. The van der Waals surface area contributed by atoms with Crippen molar-refractivity contribution in [3.63, 3.8) is 0 Å². The summed E-state index contributed by atoms with van der Waals surface area (Å²) >= 11 is 1.74. The first kappa shape index (κ1) is 14.6. The van der Waals surface area contributed by atoms with E-state index in [1.807, 2.05) is 11.8 Å². The predicted molar refractivity (Wildman–Crippen MR) is 84.7 cm³/mol. The van der Waals surface area contributed by atoms with Crippen molar-refractivity contribution < 1.29 is 9.53 Å². The number of nitrogens with zero attached hydrogens (tertiary/aromatic N) is 3. The fourth-order valence-electron chi connectivity index (χ4n) is 3.76. The molecule has 120 valence electrons. The summed E-state index contributed by atoms with van der Waals surface area (Å²) in [6.07, 6.45) is 3.24. The highest BCUT2D eigenvalue weighted by atomic mass is 32.1. The van der Waals surface area contributed by atoms with E-state index in [4.69, 9.17) is 4.74 Å². The average Bonchev–Trinajstić information content (AvgIpc) is 3.02. The third-order valence-electron chi connectivity index (χ3n) is 5.03. The van der Waals surface area contributed by atoms with E-state index in [9.17, 15) is 4.79 Å². The molecule has 0 radical (unpaired) electrons. The third kappa shape index (κ3) is 2.92. The van der Waals surface area contributed by atoms with Gasteiger partial charge in [0.15, 0.2) is 0 Å². The summed E-state index contributed by atoms with van der Waals surface area (Å²) in [6, 6.07) is 0. The predicted octanol–water partition coefficient (Wildman–Crippen LogP) is 1.66. The number of aromatic nitrogens is 1. The van der Waals surface area contributed by atoms with Crippen LogP contribution in [0.25, 0.3) is 0 Å². The number of carbonyl (C=O) groups is 1. The maximum absolute atomic E-state index is 12.0. The summed E-state index contributed by atoms with van der Waals surface area (Å²) in [5, 5.41) is 3.31. The van der Waals surface area contributed by atoms with Gasteiger partial charge in [-0.05, 0) is 19.8 Å².